The molecule has 20 heavy (non-hydrogen) atoms. The molecule has 4 nitrogen and oxygen atoms in total. The number of nitrogens with one attached hydrogen (secondary N) is 1. The normalized spacial score (nSPS) is 22.1. The molecule has 1 aromatic heterocycles. The number of anilines is 2. The van der Waals surface area contributed by atoms with Gasteiger partial charge in [0, 0.05) is 6.04 Å². The molecule has 0 aromatic carbocycles. The van der Waals surface area contributed by atoms with Crippen LogP contribution in [0.4, 0.5) is 11.5 Å². The van der Waals surface area contributed by atoms with E-state index in [2.05, 4.69) is 10.3 Å². The Labute approximate surface area is 120 Å². The molecule has 0 amide bonds. The average Bonchev–Trinajstić information content (AvgIpc) is 3.26. The second-order valence-corrected chi connectivity index (χ2v) is 6.69. The van der Waals surface area contributed by atoms with Crippen molar-refractivity contribution in [3.05, 3.63) is 12.1 Å². The van der Waals surface area contributed by atoms with Crippen LogP contribution in [0.2, 0.25) is 0 Å². The lowest BCUT2D eigenvalue weighted by Crippen LogP contribution is -2.24. The summed E-state index contributed by atoms with van der Waals surface area (Å²) in [7, 11) is 0. The lowest BCUT2D eigenvalue weighted by Gasteiger charge is -2.19. The molecule has 3 aliphatic carbocycles. The van der Waals surface area contributed by atoms with E-state index in [1.54, 1.807) is 0 Å². The average molecular weight is 273 g/mol. The molecule has 3 saturated carbocycles. The summed E-state index contributed by atoms with van der Waals surface area (Å²) >= 11 is 0. The highest BCUT2D eigenvalue weighted by Crippen LogP contribution is 2.45. The number of hydrogen-bond acceptors (Lipinski definition) is 4. The topological polar surface area (TPSA) is 60.2 Å². The number of ether oxygens (including phenoxy) is 1. The molecule has 3 fully saturated rings. The van der Waals surface area contributed by atoms with Crippen molar-refractivity contribution in [3.63, 3.8) is 0 Å². The summed E-state index contributed by atoms with van der Waals surface area (Å²) in [5, 5.41) is 3.63. The predicted octanol–water partition coefficient (Wildman–Crippen LogP) is 3.05. The second-order valence-electron chi connectivity index (χ2n) is 6.69. The highest BCUT2D eigenvalue weighted by atomic mass is 16.5. The van der Waals surface area contributed by atoms with Crippen molar-refractivity contribution >= 4 is 11.5 Å². The Kier molecular flexibility index (Phi) is 2.97. The number of nitrogens with zero attached hydrogens (tertiary/aromatic N) is 1. The van der Waals surface area contributed by atoms with Crippen molar-refractivity contribution in [2.45, 2.75) is 44.6 Å². The molecule has 1 aromatic rings. The number of pyridine rings is 1. The third-order valence-electron chi connectivity index (χ3n) is 4.62. The summed E-state index contributed by atoms with van der Waals surface area (Å²) in [6, 6.07) is 4.51. The molecule has 0 aliphatic heterocycles. The number of rotatable bonds is 7. The highest BCUT2D eigenvalue weighted by Gasteiger charge is 2.41. The minimum atomic E-state index is 0.604. The van der Waals surface area contributed by atoms with Gasteiger partial charge in [0.1, 0.15) is 5.82 Å². The molecule has 0 radical (unpaired) electrons. The number of nitrogens with two attached hydrogens (primary N) is 1. The van der Waals surface area contributed by atoms with Gasteiger partial charge in [-0.25, -0.2) is 0 Å². The van der Waals surface area contributed by atoms with E-state index in [1.165, 1.54) is 38.5 Å². The largest absolute Gasteiger partial charge is 0.476 e. The van der Waals surface area contributed by atoms with Crippen molar-refractivity contribution in [1.82, 2.24) is 4.98 Å². The summed E-state index contributed by atoms with van der Waals surface area (Å²) in [4.78, 5) is 4.57. The van der Waals surface area contributed by atoms with Crippen LogP contribution in [0.25, 0.3) is 0 Å². The molecule has 108 valence electrons. The van der Waals surface area contributed by atoms with Gasteiger partial charge in [0.2, 0.25) is 5.88 Å². The fourth-order valence-electron chi connectivity index (χ4n) is 2.83. The number of nitrogen functional groups attached to an aromatic ring is 1. The van der Waals surface area contributed by atoms with Gasteiger partial charge < -0.3 is 15.8 Å². The van der Waals surface area contributed by atoms with Gasteiger partial charge in [0.25, 0.3) is 0 Å². The van der Waals surface area contributed by atoms with E-state index < -0.39 is 0 Å². The van der Waals surface area contributed by atoms with Crippen molar-refractivity contribution in [2.75, 3.05) is 17.7 Å². The molecule has 3 aliphatic rings. The van der Waals surface area contributed by atoms with Gasteiger partial charge in [-0.3, -0.25) is 0 Å². The lowest BCUT2D eigenvalue weighted by atomic mass is 10.1. The summed E-state index contributed by atoms with van der Waals surface area (Å²) in [5.74, 6) is 3.97. The fraction of sp³-hybridized carbons (Fsp3) is 0.688. The maximum absolute atomic E-state index is 5.96. The first-order valence-electron chi connectivity index (χ1n) is 7.95. The van der Waals surface area contributed by atoms with Crippen LogP contribution >= 0.6 is 0 Å². The third kappa shape index (κ3) is 2.84. The molecule has 4 rings (SSSR count). The van der Waals surface area contributed by atoms with E-state index >= 15 is 0 Å². The highest BCUT2D eigenvalue weighted by molar-refractivity contribution is 5.54. The van der Waals surface area contributed by atoms with Gasteiger partial charge >= 0.3 is 0 Å². The van der Waals surface area contributed by atoms with E-state index in [1.807, 2.05) is 12.1 Å². The Hall–Kier alpha value is -1.45. The van der Waals surface area contributed by atoms with Crippen LogP contribution in [0.1, 0.15) is 38.5 Å². The molecule has 4 heteroatoms. The fourth-order valence-corrected chi connectivity index (χ4v) is 2.83. The van der Waals surface area contributed by atoms with E-state index in [9.17, 15) is 0 Å². The first-order chi connectivity index (χ1) is 9.79. The molecule has 0 atom stereocenters. The number of aromatic nitrogens is 1. The first kappa shape index (κ1) is 12.3. The van der Waals surface area contributed by atoms with E-state index in [0.29, 0.717) is 17.6 Å². The van der Waals surface area contributed by atoms with Crippen LogP contribution < -0.4 is 15.8 Å². The predicted molar refractivity (Wildman–Crippen MR) is 79.7 cm³/mol. The Morgan fingerprint density at radius 1 is 1.15 bits per heavy atom. The molecular weight excluding hydrogens is 250 g/mol. The van der Waals surface area contributed by atoms with E-state index in [4.69, 9.17) is 10.5 Å². The summed E-state index contributed by atoms with van der Waals surface area (Å²) in [6.07, 6.45) is 8.04. The second kappa shape index (κ2) is 4.83. The Morgan fingerprint density at radius 2 is 1.85 bits per heavy atom. The minimum Gasteiger partial charge on any atom is -0.476 e. The van der Waals surface area contributed by atoms with Crippen molar-refractivity contribution in [1.29, 1.82) is 0 Å². The molecule has 0 unspecified atom stereocenters. The Bertz CT molecular complexity index is 480. The van der Waals surface area contributed by atoms with Gasteiger partial charge in [-0.05, 0) is 68.4 Å². The van der Waals surface area contributed by atoms with Crippen LogP contribution in [0.5, 0.6) is 5.88 Å². The minimum absolute atomic E-state index is 0.604. The molecule has 3 N–H and O–H groups in total. The van der Waals surface area contributed by atoms with Crippen molar-refractivity contribution < 1.29 is 4.74 Å². The zero-order chi connectivity index (χ0) is 13.5. The van der Waals surface area contributed by atoms with Crippen molar-refractivity contribution in [3.8, 4) is 5.88 Å². The molecule has 0 saturated heterocycles. The first-order valence-corrected chi connectivity index (χ1v) is 7.95. The smallest absolute Gasteiger partial charge is 0.239 e. The lowest BCUT2D eigenvalue weighted by molar-refractivity contribution is 0.290. The summed E-state index contributed by atoms with van der Waals surface area (Å²) < 4.78 is 5.76. The van der Waals surface area contributed by atoms with E-state index in [0.717, 1.165) is 30.2 Å². The molecular formula is C16H23N3O. The monoisotopic (exact) mass is 273 g/mol. The Morgan fingerprint density at radius 3 is 2.45 bits per heavy atom. The third-order valence-corrected chi connectivity index (χ3v) is 4.62. The molecule has 0 spiro atoms. The maximum atomic E-state index is 5.96. The summed E-state index contributed by atoms with van der Waals surface area (Å²) in [5.41, 5.74) is 6.60. The zero-order valence-electron chi connectivity index (χ0n) is 11.8. The van der Waals surface area contributed by atoms with Crippen LogP contribution in [-0.2, 0) is 0 Å². The van der Waals surface area contributed by atoms with Gasteiger partial charge in [-0.1, -0.05) is 0 Å². The summed E-state index contributed by atoms with van der Waals surface area (Å²) in [6.45, 7) is 0.759. The Balaban J connectivity index is 1.44. The van der Waals surface area contributed by atoms with Crippen molar-refractivity contribution in [2.24, 2.45) is 17.8 Å². The maximum Gasteiger partial charge on any atom is 0.239 e. The zero-order valence-corrected chi connectivity index (χ0v) is 11.8. The van der Waals surface area contributed by atoms with Crippen LogP contribution in [0, 0.1) is 17.8 Å². The van der Waals surface area contributed by atoms with Crippen LogP contribution in [0.3, 0.4) is 0 Å². The van der Waals surface area contributed by atoms with E-state index in [-0.39, 0.29) is 0 Å². The van der Waals surface area contributed by atoms with Gasteiger partial charge in [0.05, 0.1) is 12.3 Å². The SMILES string of the molecule is Nc1ccc(NC(C2CC2)C2CC2)nc1OCC1CC1. The van der Waals surface area contributed by atoms with Gasteiger partial charge in [-0.15, -0.1) is 0 Å². The number of hydrogen-bond donors (Lipinski definition) is 2. The molecule has 0 bridgehead atoms. The quantitative estimate of drug-likeness (QED) is 0.801. The van der Waals surface area contributed by atoms with Gasteiger partial charge in [-0.2, -0.15) is 4.98 Å². The van der Waals surface area contributed by atoms with Crippen LogP contribution in [-0.4, -0.2) is 17.6 Å². The van der Waals surface area contributed by atoms with Gasteiger partial charge in [0.15, 0.2) is 0 Å². The standard InChI is InChI=1S/C16H23N3O/c17-13-7-8-14(19-16(13)20-9-10-1-2-10)18-15(11-3-4-11)12-5-6-12/h7-8,10-12,15H,1-6,9,17H2,(H,18,19). The van der Waals surface area contributed by atoms with Crippen LogP contribution in [0.15, 0.2) is 12.1 Å². The molecule has 1 heterocycles.